The third-order valence-electron chi connectivity index (χ3n) is 12.9. The van der Waals surface area contributed by atoms with Gasteiger partial charge in [-0.15, -0.1) is 0 Å². The second-order valence-corrected chi connectivity index (χ2v) is 18.2. The summed E-state index contributed by atoms with van der Waals surface area (Å²) in [5.74, 6) is 0.209. The maximum absolute atomic E-state index is 11.8. The van der Waals surface area contributed by atoms with Crippen LogP contribution in [0.1, 0.15) is 6.23 Å². The molecule has 2 saturated heterocycles. The molecule has 0 amide bonds. The maximum Gasteiger partial charge on any atom is 0.332 e. The molecule has 13 N–H and O–H groups in total. The molecule has 38 nitrogen and oxygen atoms in total. The lowest BCUT2D eigenvalue weighted by molar-refractivity contribution is -0.0511. The number of H-pyrrole nitrogens is 7. The monoisotopic (exact) mass is 1120 g/mol. The molecule has 12 rings (SSSR count). The van der Waals surface area contributed by atoms with Gasteiger partial charge in [-0.1, -0.05) is 0 Å². The number of anilines is 2. The van der Waals surface area contributed by atoms with Gasteiger partial charge in [-0.05, 0) is 0 Å². The first-order valence-electron chi connectivity index (χ1n) is 23.4. The third-order valence-corrected chi connectivity index (χ3v) is 12.9. The molecule has 3 aliphatic rings. The molecule has 428 valence electrons. The summed E-state index contributed by atoms with van der Waals surface area (Å²) in [5, 5.41) is 57.6. The number of aliphatic hydroxyl groups excluding tert-OH is 6. The molecule has 80 heavy (non-hydrogen) atoms. The van der Waals surface area contributed by atoms with Crippen LogP contribution in [0.2, 0.25) is 0 Å². The standard InChI is InChI=1S/C11H16N4O6.C10H12N4O6.C8H10N4O2.C7H8N4O2.C6H6N4O2/c1-14-3-15(8-5(14)9(19)13-11(20)12-8)10-7(18)6(17)4(2-16)21-10;15-1-3-5(16)6(17)9(20-3)14-2-11-4-7(14)12-10(19)13-8(4)18;1-10-4-9-6-5(10)7(13)12(3)8(14)11(6)2;1-10-3-8-5-4(10)6(12)9-7(13)11(5)2;1-10-2-7-4-3(10)5(11)9-6(12)8-4/h4,6-7,10,16-18H,2-3H2,1H3,(H2,12,13,19,20);2-3,5-6,9,15-17H,1H2,(H2,12,13,18,19);4H,1-3H3;3H,1-2H3,(H,9,12,13);2H,1H3,(H2,8,9,11,12)/t4-,6-,7-,10-;3-,5-,6-,9-;;;/m11.../s1. The van der Waals surface area contributed by atoms with E-state index in [0.717, 1.165) is 4.57 Å². The molecule has 0 aliphatic carbocycles. The lowest BCUT2D eigenvalue weighted by Crippen LogP contribution is -2.45. The van der Waals surface area contributed by atoms with Crippen LogP contribution >= 0.6 is 0 Å². The molecule has 0 aromatic carbocycles. The van der Waals surface area contributed by atoms with Crippen LogP contribution in [-0.2, 0) is 51.8 Å². The van der Waals surface area contributed by atoms with Gasteiger partial charge in [-0.3, -0.25) is 77.1 Å². The second kappa shape index (κ2) is 22.1. The summed E-state index contributed by atoms with van der Waals surface area (Å²) in [6, 6.07) is 0. The minimum absolute atomic E-state index is 0.0256. The number of fused-ring (bicyclic) bond motifs is 5. The van der Waals surface area contributed by atoms with Crippen molar-refractivity contribution < 1.29 is 40.1 Å². The number of aromatic amines is 7. The third kappa shape index (κ3) is 10.3. The van der Waals surface area contributed by atoms with Crippen molar-refractivity contribution in [3.05, 3.63) is 129 Å². The minimum Gasteiger partial charge on any atom is -0.394 e. The Hall–Kier alpha value is -9.44. The Morgan fingerprint density at radius 2 is 1.04 bits per heavy atom. The molecule has 9 aromatic heterocycles. The van der Waals surface area contributed by atoms with E-state index in [1.165, 1.54) is 51.0 Å². The summed E-state index contributed by atoms with van der Waals surface area (Å²) >= 11 is 0. The smallest absolute Gasteiger partial charge is 0.332 e. The van der Waals surface area contributed by atoms with Crippen LogP contribution in [0.4, 0.5) is 11.5 Å². The quantitative estimate of drug-likeness (QED) is 0.0778. The number of nitrogens with zero attached hydrogens (tertiary/aromatic N) is 13. The molecular weight excluding hydrogens is 1070 g/mol. The molecule has 0 radical (unpaired) electrons. The molecular formula is C42H52N20O18. The summed E-state index contributed by atoms with van der Waals surface area (Å²) in [7, 11) is 11.4. The van der Waals surface area contributed by atoms with Gasteiger partial charge in [0, 0.05) is 49.3 Å². The van der Waals surface area contributed by atoms with E-state index in [4.69, 9.17) is 19.7 Å². The zero-order chi connectivity index (χ0) is 58.5. The van der Waals surface area contributed by atoms with Crippen molar-refractivity contribution in [3.8, 4) is 0 Å². The SMILES string of the molecule is CN1CN([C@@H]2O[C@H](CO)[C@@H](O)[C@H]2O)c2[nH]c(=O)[nH]c(=O)c21.Cn1c(=O)c2c(ncn2C)n(C)c1=O.Cn1cnc2[nH]c(=O)[nH]c(=O)c21.Cn1cnc2c1c(=O)[nH]c(=O)n2C.O=c1[nH]c(=O)c2ncn([C@@H]3O[C@H](CO)[C@@H](O)[C@H]3O)c2[nH]1. The molecule has 0 unspecified atom stereocenters. The van der Waals surface area contributed by atoms with E-state index in [1.807, 2.05) is 4.98 Å². The van der Waals surface area contributed by atoms with Crippen LogP contribution in [0.25, 0.3) is 44.7 Å². The van der Waals surface area contributed by atoms with Crippen LogP contribution < -0.4 is 66.0 Å². The lowest BCUT2D eigenvalue weighted by Gasteiger charge is -2.27. The van der Waals surface area contributed by atoms with E-state index in [1.54, 1.807) is 60.9 Å². The number of hydrogen-bond acceptors (Lipinski definition) is 24. The number of aryl methyl sites for hydroxylation is 5. The van der Waals surface area contributed by atoms with Gasteiger partial charge < -0.3 is 63.6 Å². The highest BCUT2D eigenvalue weighted by Gasteiger charge is 2.48. The van der Waals surface area contributed by atoms with Crippen molar-refractivity contribution in [1.29, 1.82) is 0 Å². The predicted molar refractivity (Wildman–Crippen MR) is 275 cm³/mol. The number of hydrogen-bond donors (Lipinski definition) is 13. The fourth-order valence-corrected chi connectivity index (χ4v) is 8.82. The maximum atomic E-state index is 11.8. The van der Waals surface area contributed by atoms with Crippen molar-refractivity contribution in [3.63, 3.8) is 0 Å². The van der Waals surface area contributed by atoms with Crippen LogP contribution in [-0.4, -0.2) is 187 Å². The normalized spacial score (nSPS) is 21.2. The number of nitrogens with one attached hydrogen (secondary N) is 7. The van der Waals surface area contributed by atoms with Gasteiger partial charge in [-0.25, -0.2) is 43.9 Å². The highest BCUT2D eigenvalue weighted by atomic mass is 16.6. The molecule has 2 fully saturated rings. The van der Waals surface area contributed by atoms with Crippen LogP contribution in [0, 0.1) is 0 Å². The van der Waals surface area contributed by atoms with E-state index < -0.39 is 107 Å². The van der Waals surface area contributed by atoms with Gasteiger partial charge in [0.2, 0.25) is 0 Å². The second-order valence-electron chi connectivity index (χ2n) is 18.2. The number of rotatable bonds is 4. The number of aromatic nitrogens is 18. The van der Waals surface area contributed by atoms with Gasteiger partial charge in [0.05, 0.1) is 45.2 Å². The minimum atomic E-state index is -1.33. The average molecular weight is 1120 g/mol. The molecule has 38 heteroatoms. The molecule has 0 bridgehead atoms. The van der Waals surface area contributed by atoms with E-state index in [0.29, 0.717) is 33.5 Å². The first kappa shape index (κ1) is 56.8. The van der Waals surface area contributed by atoms with E-state index in [-0.39, 0.29) is 40.6 Å². The van der Waals surface area contributed by atoms with E-state index in [9.17, 15) is 68.4 Å². The van der Waals surface area contributed by atoms with Crippen molar-refractivity contribution >= 4 is 56.2 Å². The van der Waals surface area contributed by atoms with Crippen molar-refractivity contribution in [2.24, 2.45) is 42.3 Å². The highest BCUT2D eigenvalue weighted by molar-refractivity contribution is 5.72. The fourth-order valence-electron chi connectivity index (χ4n) is 8.82. The highest BCUT2D eigenvalue weighted by Crippen LogP contribution is 2.35. The van der Waals surface area contributed by atoms with Gasteiger partial charge in [-0.2, -0.15) is 0 Å². The first-order valence-corrected chi connectivity index (χ1v) is 23.4. The van der Waals surface area contributed by atoms with E-state index in [2.05, 4.69) is 49.8 Å². The van der Waals surface area contributed by atoms with Crippen LogP contribution in [0.3, 0.4) is 0 Å². The number of imidazole rings is 4. The predicted octanol–water partition coefficient (Wildman–Crippen LogP) is -9.38. The molecule has 3 aliphatic heterocycles. The average Bonchev–Trinajstić information content (AvgIpc) is 4.44. The summed E-state index contributed by atoms with van der Waals surface area (Å²) in [6.45, 7) is -0.736. The first-order chi connectivity index (χ1) is 37.8. The Bertz CT molecular complexity index is 4430. The van der Waals surface area contributed by atoms with Crippen molar-refractivity contribution in [2.45, 2.75) is 49.1 Å². The topological polar surface area (TPSA) is 514 Å². The Balaban J connectivity index is 0.000000134. The van der Waals surface area contributed by atoms with E-state index >= 15 is 0 Å². The summed E-state index contributed by atoms with van der Waals surface area (Å²) in [6.07, 6.45) is -3.36. The van der Waals surface area contributed by atoms with Gasteiger partial charge in [0.25, 0.3) is 27.8 Å². The summed E-state index contributed by atoms with van der Waals surface area (Å²) in [5.41, 5.74) is -2.49. The van der Waals surface area contributed by atoms with Crippen LogP contribution in [0.5, 0.6) is 0 Å². The zero-order valence-electron chi connectivity index (χ0n) is 42.9. The molecule has 9 aromatic rings. The zero-order valence-corrected chi connectivity index (χ0v) is 42.9. The molecule has 8 atom stereocenters. The lowest BCUT2D eigenvalue weighted by atomic mass is 10.1. The Labute approximate surface area is 439 Å². The Kier molecular flexibility index (Phi) is 15.7. The summed E-state index contributed by atoms with van der Waals surface area (Å²) < 4.78 is 20.4. The molecule has 12 heterocycles. The van der Waals surface area contributed by atoms with Gasteiger partial charge in [0.15, 0.2) is 51.5 Å². The number of ether oxygens (including phenoxy) is 2. The number of aliphatic hydroxyl groups is 6. The summed E-state index contributed by atoms with van der Waals surface area (Å²) in [4.78, 5) is 148. The Morgan fingerprint density at radius 3 is 1.66 bits per heavy atom. The van der Waals surface area contributed by atoms with Crippen molar-refractivity contribution in [2.75, 3.05) is 36.7 Å². The van der Waals surface area contributed by atoms with Crippen molar-refractivity contribution in [1.82, 2.24) is 86.8 Å². The largest absolute Gasteiger partial charge is 0.394 e. The van der Waals surface area contributed by atoms with Crippen LogP contribution in [0.15, 0.2) is 73.3 Å². The Morgan fingerprint density at radius 1 is 0.525 bits per heavy atom. The molecule has 0 saturated carbocycles. The van der Waals surface area contributed by atoms with Gasteiger partial charge >= 0.3 is 28.4 Å². The van der Waals surface area contributed by atoms with Gasteiger partial charge in [0.1, 0.15) is 53.8 Å². The fraction of sp³-hybridized carbons (Fsp3) is 0.429. The molecule has 0 spiro atoms.